The van der Waals surface area contributed by atoms with Gasteiger partial charge in [0.1, 0.15) is 11.6 Å². The van der Waals surface area contributed by atoms with Crippen LogP contribution in [0.5, 0.6) is 5.75 Å². The Morgan fingerprint density at radius 1 is 1.60 bits per heavy atom. The molecule has 1 fully saturated rings. The molecule has 0 aliphatic carbocycles. The Morgan fingerprint density at radius 2 is 2.35 bits per heavy atom. The zero-order valence-electron chi connectivity index (χ0n) is 11.5. The minimum atomic E-state index is -0.496. The molecule has 2 rings (SSSR count). The molecule has 1 aliphatic heterocycles. The van der Waals surface area contributed by atoms with Crippen LogP contribution in [-0.2, 0) is 4.79 Å². The van der Waals surface area contributed by atoms with E-state index in [9.17, 15) is 14.3 Å². The molecule has 0 aromatic heterocycles. The van der Waals surface area contributed by atoms with Crippen LogP contribution in [0.15, 0.2) is 18.2 Å². The first kappa shape index (κ1) is 14.7. The van der Waals surface area contributed by atoms with Crippen LogP contribution in [0.1, 0.15) is 24.9 Å². The molecule has 1 aromatic carbocycles. The van der Waals surface area contributed by atoms with Gasteiger partial charge in [0.15, 0.2) is 0 Å². The molecule has 3 atom stereocenters. The number of benzene rings is 1. The molecule has 1 amide bonds. The predicted octanol–water partition coefficient (Wildman–Crippen LogP) is 0.734. The SMILES string of the molecule is COc1ccc(F)cc1[C@H](C)NC(=O)[C@H]1C[C@H](O)CN1. The quantitative estimate of drug-likeness (QED) is 0.761. The van der Waals surface area contributed by atoms with Gasteiger partial charge in [0.2, 0.25) is 5.91 Å². The van der Waals surface area contributed by atoms with Gasteiger partial charge >= 0.3 is 0 Å². The number of carbonyl (C=O) groups is 1. The van der Waals surface area contributed by atoms with Gasteiger partial charge in [0.25, 0.3) is 0 Å². The lowest BCUT2D eigenvalue weighted by Crippen LogP contribution is -2.41. The van der Waals surface area contributed by atoms with Crippen LogP contribution in [0.2, 0.25) is 0 Å². The van der Waals surface area contributed by atoms with Crippen molar-refractivity contribution in [2.45, 2.75) is 31.5 Å². The number of hydrogen-bond acceptors (Lipinski definition) is 4. The zero-order chi connectivity index (χ0) is 14.7. The summed E-state index contributed by atoms with van der Waals surface area (Å²) < 4.78 is 18.5. The molecule has 0 spiro atoms. The monoisotopic (exact) mass is 282 g/mol. The second-order valence-electron chi connectivity index (χ2n) is 4.97. The van der Waals surface area contributed by atoms with Crippen molar-refractivity contribution in [2.24, 2.45) is 0 Å². The summed E-state index contributed by atoms with van der Waals surface area (Å²) in [5, 5.41) is 15.1. The third-order valence-corrected chi connectivity index (χ3v) is 3.44. The van der Waals surface area contributed by atoms with Gasteiger partial charge in [-0.2, -0.15) is 0 Å². The number of rotatable bonds is 4. The van der Waals surface area contributed by atoms with Gasteiger partial charge in [-0.05, 0) is 31.5 Å². The molecular weight excluding hydrogens is 263 g/mol. The van der Waals surface area contributed by atoms with Crippen molar-refractivity contribution in [3.05, 3.63) is 29.6 Å². The maximum absolute atomic E-state index is 13.3. The number of methoxy groups -OCH3 is 1. The van der Waals surface area contributed by atoms with E-state index < -0.39 is 12.1 Å². The van der Waals surface area contributed by atoms with Crippen LogP contribution in [0.3, 0.4) is 0 Å². The predicted molar refractivity (Wildman–Crippen MR) is 71.9 cm³/mol. The molecule has 110 valence electrons. The van der Waals surface area contributed by atoms with Crippen LogP contribution in [0, 0.1) is 5.82 Å². The highest BCUT2D eigenvalue weighted by atomic mass is 19.1. The maximum Gasteiger partial charge on any atom is 0.237 e. The number of hydrogen-bond donors (Lipinski definition) is 3. The lowest BCUT2D eigenvalue weighted by molar-refractivity contribution is -0.123. The number of carbonyl (C=O) groups excluding carboxylic acids is 1. The van der Waals surface area contributed by atoms with E-state index in [0.29, 0.717) is 24.3 Å². The van der Waals surface area contributed by atoms with Gasteiger partial charge < -0.3 is 20.5 Å². The van der Waals surface area contributed by atoms with Crippen LogP contribution in [0.4, 0.5) is 4.39 Å². The highest BCUT2D eigenvalue weighted by molar-refractivity contribution is 5.82. The van der Waals surface area contributed by atoms with E-state index in [-0.39, 0.29) is 17.8 Å². The minimum Gasteiger partial charge on any atom is -0.496 e. The summed E-state index contributed by atoms with van der Waals surface area (Å²) in [6.45, 7) is 2.18. The lowest BCUT2D eigenvalue weighted by Gasteiger charge is -2.19. The second kappa shape index (κ2) is 6.19. The topological polar surface area (TPSA) is 70.6 Å². The third kappa shape index (κ3) is 3.26. The van der Waals surface area contributed by atoms with E-state index in [1.54, 1.807) is 6.92 Å². The number of aliphatic hydroxyl groups is 1. The average molecular weight is 282 g/mol. The summed E-state index contributed by atoms with van der Waals surface area (Å²) in [5.74, 6) is -0.0599. The molecule has 20 heavy (non-hydrogen) atoms. The first-order valence-electron chi connectivity index (χ1n) is 6.56. The number of β-amino-alcohol motifs (C(OH)–C–C–N with tert-alkyl or cyclic N) is 1. The Morgan fingerprint density at radius 3 is 2.95 bits per heavy atom. The standard InChI is InChI=1S/C14H19FN2O3/c1-8(11-5-9(15)3-4-13(11)20-2)17-14(19)12-6-10(18)7-16-12/h3-5,8,10,12,16,18H,6-7H2,1-2H3,(H,17,19)/t8-,10-,12+/m0/s1. The first-order valence-corrected chi connectivity index (χ1v) is 6.56. The Balaban J connectivity index is 2.06. The van der Waals surface area contributed by atoms with Gasteiger partial charge in [-0.3, -0.25) is 4.79 Å². The van der Waals surface area contributed by atoms with Gasteiger partial charge in [-0.15, -0.1) is 0 Å². The van der Waals surface area contributed by atoms with E-state index in [2.05, 4.69) is 10.6 Å². The van der Waals surface area contributed by atoms with Gasteiger partial charge in [0, 0.05) is 12.1 Å². The fourth-order valence-corrected chi connectivity index (χ4v) is 2.35. The Kier molecular flexibility index (Phi) is 4.57. The second-order valence-corrected chi connectivity index (χ2v) is 4.97. The molecule has 0 unspecified atom stereocenters. The largest absolute Gasteiger partial charge is 0.496 e. The molecular formula is C14H19FN2O3. The Labute approximate surface area is 117 Å². The van der Waals surface area contributed by atoms with Crippen molar-refractivity contribution in [1.82, 2.24) is 10.6 Å². The number of aliphatic hydroxyl groups excluding tert-OH is 1. The molecule has 6 heteroatoms. The molecule has 0 bridgehead atoms. The van der Waals surface area contributed by atoms with Crippen LogP contribution in [-0.4, -0.2) is 36.8 Å². The van der Waals surface area contributed by atoms with Crippen molar-refractivity contribution in [2.75, 3.05) is 13.7 Å². The fraction of sp³-hybridized carbons (Fsp3) is 0.500. The van der Waals surface area contributed by atoms with Gasteiger partial charge in [-0.25, -0.2) is 4.39 Å². The lowest BCUT2D eigenvalue weighted by atomic mass is 10.1. The van der Waals surface area contributed by atoms with Gasteiger partial charge in [0.05, 0.1) is 25.3 Å². The van der Waals surface area contributed by atoms with E-state index >= 15 is 0 Å². The molecule has 5 nitrogen and oxygen atoms in total. The summed E-state index contributed by atoms with van der Waals surface area (Å²) >= 11 is 0. The number of halogens is 1. The molecule has 1 heterocycles. The van der Waals surface area contributed by atoms with Crippen LogP contribution < -0.4 is 15.4 Å². The summed E-state index contributed by atoms with van der Waals surface area (Å²) in [7, 11) is 1.50. The normalized spacial score (nSPS) is 23.4. The Hall–Kier alpha value is -1.66. The summed E-state index contributed by atoms with van der Waals surface area (Å²) in [4.78, 5) is 12.0. The number of ether oxygens (including phenoxy) is 1. The third-order valence-electron chi connectivity index (χ3n) is 3.44. The van der Waals surface area contributed by atoms with Crippen molar-refractivity contribution < 1.29 is 19.0 Å². The smallest absolute Gasteiger partial charge is 0.237 e. The summed E-state index contributed by atoms with van der Waals surface area (Å²) in [5.41, 5.74) is 0.583. The Bertz CT molecular complexity index is 495. The minimum absolute atomic E-state index is 0.208. The van der Waals surface area contributed by atoms with E-state index in [1.807, 2.05) is 0 Å². The zero-order valence-corrected chi connectivity index (χ0v) is 11.5. The van der Waals surface area contributed by atoms with Crippen molar-refractivity contribution in [3.8, 4) is 5.75 Å². The number of amides is 1. The molecule has 1 aromatic rings. The van der Waals surface area contributed by atoms with E-state index in [0.717, 1.165) is 0 Å². The van der Waals surface area contributed by atoms with Crippen molar-refractivity contribution in [1.29, 1.82) is 0 Å². The molecule has 1 saturated heterocycles. The first-order chi connectivity index (χ1) is 9.51. The van der Waals surface area contributed by atoms with Crippen LogP contribution in [0.25, 0.3) is 0 Å². The molecule has 3 N–H and O–H groups in total. The average Bonchev–Trinajstić information content (AvgIpc) is 2.85. The highest BCUT2D eigenvalue weighted by Gasteiger charge is 2.29. The maximum atomic E-state index is 13.3. The van der Waals surface area contributed by atoms with Crippen molar-refractivity contribution in [3.63, 3.8) is 0 Å². The van der Waals surface area contributed by atoms with Crippen LogP contribution >= 0.6 is 0 Å². The molecule has 1 aliphatic rings. The molecule has 0 radical (unpaired) electrons. The summed E-state index contributed by atoms with van der Waals surface area (Å²) in [6.07, 6.45) is -0.108. The molecule has 0 saturated carbocycles. The number of nitrogens with one attached hydrogen (secondary N) is 2. The van der Waals surface area contributed by atoms with E-state index in [4.69, 9.17) is 4.74 Å². The summed E-state index contributed by atoms with van der Waals surface area (Å²) in [6, 6.07) is 3.40. The van der Waals surface area contributed by atoms with Crippen molar-refractivity contribution >= 4 is 5.91 Å². The highest BCUT2D eigenvalue weighted by Crippen LogP contribution is 2.26. The fourth-order valence-electron chi connectivity index (χ4n) is 2.35. The van der Waals surface area contributed by atoms with E-state index in [1.165, 1.54) is 25.3 Å². The van der Waals surface area contributed by atoms with Gasteiger partial charge in [-0.1, -0.05) is 0 Å².